The first-order chi connectivity index (χ1) is 13.2. The molecule has 2 aromatic heterocycles. The van der Waals surface area contributed by atoms with E-state index in [1.165, 1.54) is 28.3 Å². The molecule has 1 fully saturated rings. The molecule has 1 aliphatic carbocycles. The van der Waals surface area contributed by atoms with Crippen LogP contribution in [0.4, 0.5) is 10.5 Å². The molecule has 1 aliphatic rings. The van der Waals surface area contributed by atoms with Crippen molar-refractivity contribution in [1.82, 2.24) is 19.5 Å². The van der Waals surface area contributed by atoms with Gasteiger partial charge in [-0.15, -0.1) is 5.10 Å². The second-order valence-electron chi connectivity index (χ2n) is 7.00. The Morgan fingerprint density at radius 2 is 1.96 bits per heavy atom. The number of urea groups is 1. The van der Waals surface area contributed by atoms with E-state index in [9.17, 15) is 9.59 Å². The molecular weight excluding hydrogens is 342 g/mol. The predicted octanol–water partition coefficient (Wildman–Crippen LogP) is 3.00. The molecule has 2 amide bonds. The number of carbonyl (C=O) groups is 1. The van der Waals surface area contributed by atoms with Crippen LogP contribution in [0.15, 0.2) is 53.5 Å². The molecule has 7 heteroatoms. The third kappa shape index (κ3) is 4.02. The fraction of sp³-hybridized carbons (Fsp3) is 0.350. The summed E-state index contributed by atoms with van der Waals surface area (Å²) in [7, 11) is 0. The number of nitrogens with zero attached hydrogens (tertiary/aromatic N) is 3. The zero-order valence-electron chi connectivity index (χ0n) is 15.1. The number of anilines is 1. The second kappa shape index (κ2) is 7.65. The standard InChI is InChI=1S/C20H23N5O2/c26-19(21-16-8-2-1-3-9-16)22-17-10-6-7-15(13-17)14-25-20(27)24-12-5-4-11-18(24)23-25/h4-7,10-13,16H,1-3,8-9,14H2,(H2,21,22,26). The first kappa shape index (κ1) is 17.3. The second-order valence-corrected chi connectivity index (χ2v) is 7.00. The monoisotopic (exact) mass is 365 g/mol. The van der Waals surface area contributed by atoms with E-state index in [1.54, 1.807) is 18.3 Å². The van der Waals surface area contributed by atoms with Crippen molar-refractivity contribution in [3.8, 4) is 0 Å². The van der Waals surface area contributed by atoms with Gasteiger partial charge in [0.2, 0.25) is 0 Å². The van der Waals surface area contributed by atoms with Crippen LogP contribution in [0, 0.1) is 0 Å². The minimum absolute atomic E-state index is 0.177. The molecule has 0 atom stereocenters. The number of pyridine rings is 1. The Labute approximate surface area is 157 Å². The molecule has 0 saturated heterocycles. The Bertz CT molecular complexity index is 1000. The van der Waals surface area contributed by atoms with Gasteiger partial charge in [0, 0.05) is 17.9 Å². The molecule has 4 rings (SSSR count). The molecule has 0 bridgehead atoms. The number of benzene rings is 1. The number of fused-ring (bicyclic) bond motifs is 1. The smallest absolute Gasteiger partial charge is 0.335 e. The fourth-order valence-corrected chi connectivity index (χ4v) is 3.59. The fourth-order valence-electron chi connectivity index (χ4n) is 3.59. The molecule has 0 unspecified atom stereocenters. The van der Waals surface area contributed by atoms with Crippen LogP contribution in [0.1, 0.15) is 37.7 Å². The van der Waals surface area contributed by atoms with Crippen LogP contribution in [-0.4, -0.2) is 26.3 Å². The summed E-state index contributed by atoms with van der Waals surface area (Å²) in [6.45, 7) is 0.347. The summed E-state index contributed by atoms with van der Waals surface area (Å²) in [5.74, 6) is 0. The van der Waals surface area contributed by atoms with Crippen LogP contribution in [0.5, 0.6) is 0 Å². The zero-order valence-corrected chi connectivity index (χ0v) is 15.1. The largest absolute Gasteiger partial charge is 0.350 e. The van der Waals surface area contributed by atoms with E-state index in [2.05, 4.69) is 15.7 Å². The van der Waals surface area contributed by atoms with Crippen LogP contribution < -0.4 is 16.3 Å². The molecule has 0 radical (unpaired) electrons. The van der Waals surface area contributed by atoms with Crippen LogP contribution in [0.2, 0.25) is 0 Å². The Hall–Kier alpha value is -3.09. The predicted molar refractivity (Wildman–Crippen MR) is 104 cm³/mol. The van der Waals surface area contributed by atoms with Crippen LogP contribution in [-0.2, 0) is 6.54 Å². The lowest BCUT2D eigenvalue weighted by Crippen LogP contribution is -2.39. The highest BCUT2D eigenvalue weighted by molar-refractivity contribution is 5.89. The Morgan fingerprint density at radius 3 is 2.78 bits per heavy atom. The minimum Gasteiger partial charge on any atom is -0.335 e. The lowest BCUT2D eigenvalue weighted by molar-refractivity contribution is 0.244. The summed E-state index contributed by atoms with van der Waals surface area (Å²) in [5.41, 5.74) is 2.04. The van der Waals surface area contributed by atoms with E-state index in [0.29, 0.717) is 17.9 Å². The van der Waals surface area contributed by atoms with Crippen molar-refractivity contribution in [3.05, 3.63) is 64.7 Å². The third-order valence-electron chi connectivity index (χ3n) is 4.95. The highest BCUT2D eigenvalue weighted by atomic mass is 16.2. The molecule has 0 aliphatic heterocycles. The summed E-state index contributed by atoms with van der Waals surface area (Å²) in [4.78, 5) is 24.6. The van der Waals surface area contributed by atoms with Crippen LogP contribution >= 0.6 is 0 Å². The minimum atomic E-state index is -0.181. The van der Waals surface area contributed by atoms with E-state index in [-0.39, 0.29) is 17.8 Å². The normalized spacial score (nSPS) is 15.0. The lowest BCUT2D eigenvalue weighted by atomic mass is 9.96. The maximum absolute atomic E-state index is 12.4. The molecule has 140 valence electrons. The molecular formula is C20H23N5O2. The molecule has 1 saturated carbocycles. The molecule has 3 aromatic rings. The number of rotatable bonds is 4. The van der Waals surface area contributed by atoms with Crippen molar-refractivity contribution < 1.29 is 4.79 Å². The van der Waals surface area contributed by atoms with Crippen molar-refractivity contribution in [1.29, 1.82) is 0 Å². The van der Waals surface area contributed by atoms with Crippen molar-refractivity contribution in [2.75, 3.05) is 5.32 Å². The third-order valence-corrected chi connectivity index (χ3v) is 4.95. The van der Waals surface area contributed by atoms with Gasteiger partial charge in [-0.05, 0) is 42.7 Å². The van der Waals surface area contributed by atoms with E-state index in [4.69, 9.17) is 0 Å². The maximum Gasteiger partial charge on any atom is 0.350 e. The first-order valence-electron chi connectivity index (χ1n) is 9.40. The van der Waals surface area contributed by atoms with Gasteiger partial charge in [-0.25, -0.2) is 14.3 Å². The van der Waals surface area contributed by atoms with Crippen LogP contribution in [0.3, 0.4) is 0 Å². The van der Waals surface area contributed by atoms with Gasteiger partial charge in [-0.3, -0.25) is 4.40 Å². The van der Waals surface area contributed by atoms with Gasteiger partial charge in [0.25, 0.3) is 0 Å². The average Bonchev–Trinajstić information content (AvgIpc) is 2.99. The number of amides is 2. The molecule has 0 spiro atoms. The SMILES string of the molecule is O=C(Nc1cccc(Cn2nc3ccccn3c2=O)c1)NC1CCCCC1. The quantitative estimate of drug-likeness (QED) is 0.746. The molecule has 2 N–H and O–H groups in total. The van der Waals surface area contributed by atoms with E-state index >= 15 is 0 Å². The molecule has 2 heterocycles. The van der Waals surface area contributed by atoms with Crippen molar-refractivity contribution in [3.63, 3.8) is 0 Å². The Morgan fingerprint density at radius 1 is 1.11 bits per heavy atom. The zero-order chi connectivity index (χ0) is 18.6. The first-order valence-corrected chi connectivity index (χ1v) is 9.40. The van der Waals surface area contributed by atoms with Crippen molar-refractivity contribution in [2.45, 2.75) is 44.7 Å². The number of hydrogen-bond donors (Lipinski definition) is 2. The number of nitrogens with one attached hydrogen (secondary N) is 2. The lowest BCUT2D eigenvalue weighted by Gasteiger charge is -2.22. The summed E-state index contributed by atoms with van der Waals surface area (Å²) < 4.78 is 2.94. The molecule has 7 nitrogen and oxygen atoms in total. The van der Waals surface area contributed by atoms with Crippen molar-refractivity contribution in [2.24, 2.45) is 0 Å². The van der Waals surface area contributed by atoms with E-state index in [0.717, 1.165) is 18.4 Å². The van der Waals surface area contributed by atoms with Gasteiger partial charge >= 0.3 is 11.7 Å². The molecule has 1 aromatic carbocycles. The maximum atomic E-state index is 12.4. The molecule has 27 heavy (non-hydrogen) atoms. The average molecular weight is 365 g/mol. The topological polar surface area (TPSA) is 80.4 Å². The van der Waals surface area contributed by atoms with Gasteiger partial charge in [0.15, 0.2) is 5.65 Å². The van der Waals surface area contributed by atoms with Gasteiger partial charge in [0.1, 0.15) is 0 Å². The van der Waals surface area contributed by atoms with Gasteiger partial charge < -0.3 is 10.6 Å². The van der Waals surface area contributed by atoms with Crippen LogP contribution in [0.25, 0.3) is 5.65 Å². The van der Waals surface area contributed by atoms with E-state index < -0.39 is 0 Å². The highest BCUT2D eigenvalue weighted by Crippen LogP contribution is 2.18. The van der Waals surface area contributed by atoms with Gasteiger partial charge in [-0.1, -0.05) is 37.5 Å². The summed E-state index contributed by atoms with van der Waals surface area (Å²) in [6, 6.07) is 13.0. The number of hydrogen-bond acceptors (Lipinski definition) is 3. The Balaban J connectivity index is 1.44. The summed E-state index contributed by atoms with van der Waals surface area (Å²) >= 11 is 0. The van der Waals surface area contributed by atoms with Crippen molar-refractivity contribution >= 4 is 17.4 Å². The summed E-state index contributed by atoms with van der Waals surface area (Å²) in [6.07, 6.45) is 7.40. The number of aromatic nitrogens is 3. The highest BCUT2D eigenvalue weighted by Gasteiger charge is 2.15. The van der Waals surface area contributed by atoms with Gasteiger partial charge in [0.05, 0.1) is 6.54 Å². The van der Waals surface area contributed by atoms with E-state index in [1.807, 2.05) is 30.3 Å². The van der Waals surface area contributed by atoms with Gasteiger partial charge in [-0.2, -0.15) is 0 Å². The summed E-state index contributed by atoms with van der Waals surface area (Å²) in [5, 5.41) is 10.3. The Kier molecular flexibility index (Phi) is 4.91. The number of carbonyl (C=O) groups excluding carboxylic acids is 1.